The lowest BCUT2D eigenvalue weighted by Crippen LogP contribution is -2.34. The highest BCUT2D eigenvalue weighted by Crippen LogP contribution is 2.18. The summed E-state index contributed by atoms with van der Waals surface area (Å²) in [6.45, 7) is 0.255. The topological polar surface area (TPSA) is 107 Å². The summed E-state index contributed by atoms with van der Waals surface area (Å²) in [5.74, 6) is -1.97. The summed E-state index contributed by atoms with van der Waals surface area (Å²) in [4.78, 5) is 24.0. The maximum absolute atomic E-state index is 13.2. The maximum Gasteiger partial charge on any atom is 0.271 e. The van der Waals surface area contributed by atoms with Crippen LogP contribution in [0.4, 0.5) is 4.39 Å². The average molecular weight is 368 g/mol. The fourth-order valence-electron chi connectivity index (χ4n) is 2.43. The van der Waals surface area contributed by atoms with Gasteiger partial charge in [-0.1, -0.05) is 30.3 Å². The van der Waals surface area contributed by atoms with E-state index in [1.54, 1.807) is 6.07 Å². The fourth-order valence-corrected chi connectivity index (χ4v) is 2.43. The van der Waals surface area contributed by atoms with Gasteiger partial charge in [0.25, 0.3) is 11.8 Å². The number of benzene rings is 2. The summed E-state index contributed by atoms with van der Waals surface area (Å²) in [7, 11) is 0. The summed E-state index contributed by atoms with van der Waals surface area (Å²) in [5, 5.41) is 21.5. The van der Waals surface area contributed by atoms with E-state index < -0.39 is 17.6 Å². The van der Waals surface area contributed by atoms with Gasteiger partial charge in [0.1, 0.15) is 11.6 Å². The van der Waals surface area contributed by atoms with Gasteiger partial charge in [-0.05, 0) is 29.8 Å². The van der Waals surface area contributed by atoms with Crippen molar-refractivity contribution in [1.82, 2.24) is 20.8 Å². The van der Waals surface area contributed by atoms with Crippen LogP contribution in [-0.4, -0.2) is 40.2 Å². The maximum atomic E-state index is 13.2. The first-order valence-corrected chi connectivity index (χ1v) is 8.20. The van der Waals surface area contributed by atoms with Crippen LogP contribution in [-0.2, 0) is 0 Å². The van der Waals surface area contributed by atoms with Gasteiger partial charge in [-0.3, -0.25) is 14.7 Å². The van der Waals surface area contributed by atoms with Crippen molar-refractivity contribution in [2.75, 3.05) is 13.1 Å². The van der Waals surface area contributed by atoms with Crippen molar-refractivity contribution in [2.45, 2.75) is 0 Å². The van der Waals surface area contributed by atoms with Crippen LogP contribution in [0.2, 0.25) is 0 Å². The van der Waals surface area contributed by atoms with Gasteiger partial charge in [-0.2, -0.15) is 5.10 Å². The molecule has 4 N–H and O–H groups in total. The summed E-state index contributed by atoms with van der Waals surface area (Å²) < 4.78 is 13.2. The third-order valence-corrected chi connectivity index (χ3v) is 3.79. The number of halogens is 1. The molecule has 2 aromatic carbocycles. The Morgan fingerprint density at radius 3 is 2.44 bits per heavy atom. The van der Waals surface area contributed by atoms with Gasteiger partial charge < -0.3 is 15.7 Å². The number of phenolic OH excluding ortho intramolecular Hbond substituents is 1. The summed E-state index contributed by atoms with van der Waals surface area (Å²) >= 11 is 0. The van der Waals surface area contributed by atoms with Crippen LogP contribution in [0.5, 0.6) is 5.75 Å². The fraction of sp³-hybridized carbons (Fsp3) is 0.105. The minimum absolute atomic E-state index is 0.108. The molecule has 0 aliphatic carbocycles. The Morgan fingerprint density at radius 2 is 1.70 bits per heavy atom. The standard InChI is InChI=1S/C19H17FN4O3/c20-13-6-7-17(25)14(10-13)18(26)21-8-9-22-19(27)16-11-15(23-24-16)12-4-2-1-3-5-12/h1-7,10-11,25H,8-9H2,(H,21,26)(H,22,27)(H,23,24). The van der Waals surface area contributed by atoms with E-state index in [2.05, 4.69) is 20.8 Å². The van der Waals surface area contributed by atoms with Crippen molar-refractivity contribution >= 4 is 11.8 Å². The number of hydrogen-bond donors (Lipinski definition) is 4. The van der Waals surface area contributed by atoms with E-state index in [0.717, 1.165) is 29.5 Å². The van der Waals surface area contributed by atoms with Crippen LogP contribution in [0.1, 0.15) is 20.8 Å². The van der Waals surface area contributed by atoms with Crippen LogP contribution < -0.4 is 10.6 Å². The number of amides is 2. The second-order valence-electron chi connectivity index (χ2n) is 5.71. The summed E-state index contributed by atoms with van der Waals surface area (Å²) in [6, 6.07) is 14.2. The first-order chi connectivity index (χ1) is 13.0. The highest BCUT2D eigenvalue weighted by atomic mass is 19.1. The molecule has 0 bridgehead atoms. The van der Waals surface area contributed by atoms with Gasteiger partial charge in [0.05, 0.1) is 11.3 Å². The van der Waals surface area contributed by atoms with Crippen LogP contribution in [0.15, 0.2) is 54.6 Å². The van der Waals surface area contributed by atoms with E-state index in [9.17, 15) is 19.1 Å². The second kappa shape index (κ2) is 8.13. The number of aromatic nitrogens is 2. The molecule has 0 aliphatic heterocycles. The second-order valence-corrected chi connectivity index (χ2v) is 5.71. The largest absolute Gasteiger partial charge is 0.507 e. The smallest absolute Gasteiger partial charge is 0.271 e. The lowest BCUT2D eigenvalue weighted by atomic mass is 10.1. The predicted molar refractivity (Wildman–Crippen MR) is 96.8 cm³/mol. The van der Waals surface area contributed by atoms with E-state index in [0.29, 0.717) is 0 Å². The number of nitrogens with one attached hydrogen (secondary N) is 3. The Hall–Kier alpha value is -3.68. The molecule has 0 radical (unpaired) electrons. The van der Waals surface area contributed by atoms with Gasteiger partial charge in [0.2, 0.25) is 0 Å². The molecular formula is C19H17FN4O3. The number of aromatic amines is 1. The quantitative estimate of drug-likeness (QED) is 0.500. The number of aromatic hydroxyl groups is 1. The number of rotatable bonds is 6. The van der Waals surface area contributed by atoms with Crippen molar-refractivity contribution in [1.29, 1.82) is 0 Å². The third kappa shape index (κ3) is 4.49. The molecule has 1 aromatic heterocycles. The molecule has 2 amide bonds. The number of hydrogen-bond acceptors (Lipinski definition) is 4. The molecule has 0 saturated heterocycles. The van der Waals surface area contributed by atoms with E-state index in [1.807, 2.05) is 30.3 Å². The molecule has 138 valence electrons. The Labute approximate surface area is 154 Å². The molecule has 1 heterocycles. The van der Waals surface area contributed by atoms with Crippen LogP contribution in [0.3, 0.4) is 0 Å². The minimum atomic E-state index is -0.632. The first kappa shape index (κ1) is 18.1. The van der Waals surface area contributed by atoms with Gasteiger partial charge in [-0.25, -0.2) is 4.39 Å². The van der Waals surface area contributed by atoms with E-state index in [4.69, 9.17) is 0 Å². The van der Waals surface area contributed by atoms with Crippen LogP contribution in [0, 0.1) is 5.82 Å². The van der Waals surface area contributed by atoms with Crippen LogP contribution >= 0.6 is 0 Å². The summed E-state index contributed by atoms with van der Waals surface area (Å²) in [5.41, 5.74) is 1.69. The Bertz CT molecular complexity index is 957. The molecule has 0 aliphatic rings. The van der Waals surface area contributed by atoms with E-state index in [1.165, 1.54) is 0 Å². The predicted octanol–water partition coefficient (Wildman–Crippen LogP) is 2.08. The highest BCUT2D eigenvalue weighted by Gasteiger charge is 2.13. The number of phenols is 1. The Balaban J connectivity index is 1.49. The Morgan fingerprint density at radius 1 is 1.00 bits per heavy atom. The molecule has 0 spiro atoms. The van der Waals surface area contributed by atoms with Crippen LogP contribution in [0.25, 0.3) is 11.3 Å². The van der Waals surface area contributed by atoms with Crippen molar-refractivity contribution in [2.24, 2.45) is 0 Å². The third-order valence-electron chi connectivity index (χ3n) is 3.79. The molecular weight excluding hydrogens is 351 g/mol. The molecule has 0 unspecified atom stereocenters. The molecule has 3 aromatic rings. The number of carbonyl (C=O) groups is 2. The SMILES string of the molecule is O=C(NCCNC(=O)c1cc(F)ccc1O)c1cc(-c2ccccc2)[nH]n1. The lowest BCUT2D eigenvalue weighted by molar-refractivity contribution is 0.0923. The van der Waals surface area contributed by atoms with Gasteiger partial charge in [-0.15, -0.1) is 0 Å². The number of H-pyrrole nitrogens is 1. The normalized spacial score (nSPS) is 10.4. The van der Waals surface area contributed by atoms with Gasteiger partial charge in [0.15, 0.2) is 5.69 Å². The van der Waals surface area contributed by atoms with Crippen molar-refractivity contribution in [3.8, 4) is 17.0 Å². The van der Waals surface area contributed by atoms with E-state index >= 15 is 0 Å². The molecule has 0 atom stereocenters. The molecule has 0 saturated carbocycles. The summed E-state index contributed by atoms with van der Waals surface area (Å²) in [6.07, 6.45) is 0. The van der Waals surface area contributed by atoms with E-state index in [-0.39, 0.29) is 30.1 Å². The number of carbonyl (C=O) groups excluding carboxylic acids is 2. The number of nitrogens with zero attached hydrogens (tertiary/aromatic N) is 1. The monoisotopic (exact) mass is 368 g/mol. The first-order valence-electron chi connectivity index (χ1n) is 8.20. The molecule has 27 heavy (non-hydrogen) atoms. The molecule has 7 nitrogen and oxygen atoms in total. The zero-order valence-corrected chi connectivity index (χ0v) is 14.2. The molecule has 3 rings (SSSR count). The van der Waals surface area contributed by atoms with Gasteiger partial charge >= 0.3 is 0 Å². The van der Waals surface area contributed by atoms with Crippen molar-refractivity contribution in [3.05, 3.63) is 71.7 Å². The van der Waals surface area contributed by atoms with Crippen molar-refractivity contribution < 1.29 is 19.1 Å². The zero-order chi connectivity index (χ0) is 19.2. The average Bonchev–Trinajstić information content (AvgIpc) is 3.18. The molecule has 0 fully saturated rings. The molecule has 8 heteroatoms. The highest BCUT2D eigenvalue weighted by molar-refractivity contribution is 5.97. The minimum Gasteiger partial charge on any atom is -0.507 e. The Kier molecular flexibility index (Phi) is 5.46. The van der Waals surface area contributed by atoms with Gasteiger partial charge in [0, 0.05) is 13.1 Å². The lowest BCUT2D eigenvalue weighted by Gasteiger charge is -2.07. The zero-order valence-electron chi connectivity index (χ0n) is 14.2. The van der Waals surface area contributed by atoms with Crippen molar-refractivity contribution in [3.63, 3.8) is 0 Å².